The summed E-state index contributed by atoms with van der Waals surface area (Å²) in [4.78, 5) is 14.4. The van der Waals surface area contributed by atoms with Crippen LogP contribution in [-0.2, 0) is 11.3 Å². The quantitative estimate of drug-likeness (QED) is 0.765. The molecule has 0 radical (unpaired) electrons. The zero-order valence-corrected chi connectivity index (χ0v) is 11.0. The van der Waals surface area contributed by atoms with Gasteiger partial charge in [-0.15, -0.1) is 22.9 Å². The van der Waals surface area contributed by atoms with E-state index in [4.69, 9.17) is 23.2 Å². The molecule has 0 N–H and O–H groups in total. The Labute approximate surface area is 104 Å². The van der Waals surface area contributed by atoms with E-state index in [1.54, 1.807) is 11.8 Å². The molecule has 0 aliphatic carbocycles. The molecular formula is C10H13Cl2NOS. The predicted molar refractivity (Wildman–Crippen MR) is 65.7 cm³/mol. The Morgan fingerprint density at radius 3 is 2.67 bits per heavy atom. The summed E-state index contributed by atoms with van der Waals surface area (Å²) in [5, 5.41) is -0.472. The van der Waals surface area contributed by atoms with Crippen molar-refractivity contribution in [3.05, 3.63) is 21.3 Å². The number of alkyl halides is 1. The highest BCUT2D eigenvalue weighted by Crippen LogP contribution is 2.23. The molecule has 1 heterocycles. The topological polar surface area (TPSA) is 20.3 Å². The summed E-state index contributed by atoms with van der Waals surface area (Å²) in [6.45, 7) is 4.87. The Morgan fingerprint density at radius 2 is 2.27 bits per heavy atom. The van der Waals surface area contributed by atoms with Crippen LogP contribution in [0.1, 0.15) is 18.7 Å². The van der Waals surface area contributed by atoms with Crippen LogP contribution in [0, 0.1) is 0 Å². The van der Waals surface area contributed by atoms with Crippen molar-refractivity contribution < 1.29 is 4.79 Å². The van der Waals surface area contributed by atoms with E-state index in [0.717, 1.165) is 9.21 Å². The number of amides is 1. The SMILES string of the molecule is CCN(Cc1ccc(Cl)s1)C(=O)C(C)Cl. The maximum absolute atomic E-state index is 11.7. The first kappa shape index (κ1) is 12.8. The van der Waals surface area contributed by atoms with Gasteiger partial charge in [0.15, 0.2) is 0 Å². The molecule has 1 unspecified atom stereocenters. The van der Waals surface area contributed by atoms with Crippen molar-refractivity contribution in [3.63, 3.8) is 0 Å². The molecule has 0 aromatic carbocycles. The highest BCUT2D eigenvalue weighted by Gasteiger charge is 2.17. The second kappa shape index (κ2) is 5.73. The Balaban J connectivity index is 2.65. The largest absolute Gasteiger partial charge is 0.337 e. The molecular weight excluding hydrogens is 253 g/mol. The lowest BCUT2D eigenvalue weighted by molar-refractivity contribution is -0.130. The van der Waals surface area contributed by atoms with E-state index in [-0.39, 0.29) is 5.91 Å². The van der Waals surface area contributed by atoms with Crippen LogP contribution >= 0.6 is 34.5 Å². The van der Waals surface area contributed by atoms with Crippen LogP contribution in [0.3, 0.4) is 0 Å². The molecule has 15 heavy (non-hydrogen) atoms. The summed E-state index contributed by atoms with van der Waals surface area (Å²) in [6.07, 6.45) is 0. The van der Waals surface area contributed by atoms with E-state index in [1.165, 1.54) is 11.3 Å². The molecule has 1 amide bonds. The fourth-order valence-corrected chi connectivity index (χ4v) is 2.46. The normalized spacial score (nSPS) is 12.5. The molecule has 1 atom stereocenters. The molecule has 2 nitrogen and oxygen atoms in total. The van der Waals surface area contributed by atoms with Gasteiger partial charge < -0.3 is 4.90 Å². The van der Waals surface area contributed by atoms with Crippen LogP contribution < -0.4 is 0 Å². The molecule has 1 aromatic rings. The monoisotopic (exact) mass is 265 g/mol. The van der Waals surface area contributed by atoms with E-state index < -0.39 is 5.38 Å². The molecule has 1 aromatic heterocycles. The molecule has 0 saturated heterocycles. The van der Waals surface area contributed by atoms with Gasteiger partial charge in [-0.3, -0.25) is 4.79 Å². The van der Waals surface area contributed by atoms with Crippen molar-refractivity contribution in [1.82, 2.24) is 4.90 Å². The first-order valence-electron chi connectivity index (χ1n) is 4.71. The standard InChI is InChI=1S/C10H13Cl2NOS/c1-3-13(10(14)7(2)11)6-8-4-5-9(12)15-8/h4-5,7H,3,6H2,1-2H3. The molecule has 0 bridgehead atoms. The van der Waals surface area contributed by atoms with Crippen LogP contribution in [0.2, 0.25) is 4.34 Å². The van der Waals surface area contributed by atoms with Gasteiger partial charge in [0.25, 0.3) is 0 Å². The minimum absolute atomic E-state index is 0.0383. The molecule has 0 aliphatic heterocycles. The Hall–Kier alpha value is -0.250. The van der Waals surface area contributed by atoms with E-state index in [9.17, 15) is 4.79 Å². The summed E-state index contributed by atoms with van der Waals surface area (Å²) < 4.78 is 0.743. The maximum Gasteiger partial charge on any atom is 0.240 e. The van der Waals surface area contributed by atoms with Crippen molar-refractivity contribution in [2.75, 3.05) is 6.54 Å². The highest BCUT2D eigenvalue weighted by atomic mass is 35.5. The van der Waals surface area contributed by atoms with Gasteiger partial charge >= 0.3 is 0 Å². The zero-order valence-electron chi connectivity index (χ0n) is 8.67. The summed E-state index contributed by atoms with van der Waals surface area (Å²) in [5.74, 6) is -0.0383. The highest BCUT2D eigenvalue weighted by molar-refractivity contribution is 7.16. The minimum atomic E-state index is -0.472. The van der Waals surface area contributed by atoms with Crippen LogP contribution in [0.25, 0.3) is 0 Å². The summed E-state index contributed by atoms with van der Waals surface area (Å²) >= 11 is 13.1. The minimum Gasteiger partial charge on any atom is -0.337 e. The second-order valence-corrected chi connectivity index (χ2v) is 5.63. The molecule has 0 spiro atoms. The first-order valence-corrected chi connectivity index (χ1v) is 6.34. The van der Waals surface area contributed by atoms with Gasteiger partial charge in [-0.25, -0.2) is 0 Å². The lowest BCUT2D eigenvalue weighted by Crippen LogP contribution is -2.34. The molecule has 0 fully saturated rings. The third-order valence-corrected chi connectivity index (χ3v) is 3.41. The molecule has 0 aliphatic rings. The zero-order chi connectivity index (χ0) is 11.4. The van der Waals surface area contributed by atoms with Gasteiger partial charge in [0.2, 0.25) is 5.91 Å². The van der Waals surface area contributed by atoms with E-state index >= 15 is 0 Å². The summed E-state index contributed by atoms with van der Waals surface area (Å²) in [5.41, 5.74) is 0. The van der Waals surface area contributed by atoms with Gasteiger partial charge in [-0.1, -0.05) is 11.6 Å². The van der Waals surface area contributed by atoms with E-state index in [0.29, 0.717) is 13.1 Å². The number of carbonyl (C=O) groups excluding carboxylic acids is 1. The average molecular weight is 266 g/mol. The average Bonchev–Trinajstić information content (AvgIpc) is 2.59. The lowest BCUT2D eigenvalue weighted by Gasteiger charge is -2.21. The van der Waals surface area contributed by atoms with Gasteiger partial charge in [0.1, 0.15) is 5.38 Å². The Kier molecular flexibility index (Phi) is 4.90. The smallest absolute Gasteiger partial charge is 0.240 e. The summed E-state index contributed by atoms with van der Waals surface area (Å²) in [6, 6.07) is 3.77. The third-order valence-electron chi connectivity index (χ3n) is 2.01. The van der Waals surface area contributed by atoms with Crippen molar-refractivity contribution in [2.45, 2.75) is 25.8 Å². The van der Waals surface area contributed by atoms with Crippen molar-refractivity contribution >= 4 is 40.4 Å². The number of rotatable bonds is 4. The van der Waals surface area contributed by atoms with Gasteiger partial charge in [0.05, 0.1) is 10.9 Å². The number of carbonyl (C=O) groups is 1. The van der Waals surface area contributed by atoms with Gasteiger partial charge in [-0.2, -0.15) is 0 Å². The predicted octanol–water partition coefficient (Wildman–Crippen LogP) is 3.38. The van der Waals surface area contributed by atoms with Crippen LogP contribution in [0.15, 0.2) is 12.1 Å². The van der Waals surface area contributed by atoms with Crippen molar-refractivity contribution in [3.8, 4) is 0 Å². The fraction of sp³-hybridized carbons (Fsp3) is 0.500. The number of nitrogens with zero attached hydrogens (tertiary/aromatic N) is 1. The fourth-order valence-electron chi connectivity index (χ4n) is 1.22. The lowest BCUT2D eigenvalue weighted by atomic mass is 10.3. The Morgan fingerprint density at radius 1 is 1.60 bits per heavy atom. The molecule has 1 rings (SSSR count). The number of halogens is 2. The van der Waals surface area contributed by atoms with Crippen molar-refractivity contribution in [2.24, 2.45) is 0 Å². The van der Waals surface area contributed by atoms with Crippen LogP contribution in [-0.4, -0.2) is 22.7 Å². The third kappa shape index (κ3) is 3.67. The van der Waals surface area contributed by atoms with E-state index in [1.807, 2.05) is 19.1 Å². The molecule has 84 valence electrons. The number of hydrogen-bond acceptors (Lipinski definition) is 2. The molecule has 5 heteroatoms. The van der Waals surface area contributed by atoms with Crippen LogP contribution in [0.4, 0.5) is 0 Å². The second-order valence-electron chi connectivity index (χ2n) is 3.17. The maximum atomic E-state index is 11.7. The van der Waals surface area contributed by atoms with Gasteiger partial charge in [-0.05, 0) is 26.0 Å². The number of hydrogen-bond donors (Lipinski definition) is 0. The van der Waals surface area contributed by atoms with E-state index in [2.05, 4.69) is 0 Å². The Bertz CT molecular complexity index is 338. The number of thiophene rings is 1. The van der Waals surface area contributed by atoms with Crippen LogP contribution in [0.5, 0.6) is 0 Å². The summed E-state index contributed by atoms with van der Waals surface area (Å²) in [7, 11) is 0. The molecule has 0 saturated carbocycles. The first-order chi connectivity index (χ1) is 7.04. The van der Waals surface area contributed by atoms with Crippen molar-refractivity contribution in [1.29, 1.82) is 0 Å². The van der Waals surface area contributed by atoms with Gasteiger partial charge in [0, 0.05) is 11.4 Å².